The summed E-state index contributed by atoms with van der Waals surface area (Å²) < 4.78 is 130. The van der Waals surface area contributed by atoms with Gasteiger partial charge >= 0.3 is 27.9 Å². The molecule has 0 aliphatic carbocycles. The van der Waals surface area contributed by atoms with E-state index in [4.69, 9.17) is 0 Å². The van der Waals surface area contributed by atoms with Crippen molar-refractivity contribution in [2.24, 2.45) is 0 Å². The fraction of sp³-hybridized carbons (Fsp3) is 0.500. The Morgan fingerprint density at radius 1 is 0.900 bits per heavy atom. The summed E-state index contributed by atoms with van der Waals surface area (Å²) in [5.74, 6) is -2.85. The SMILES string of the molecule is O=S(=O)(n1cc(C(F)(F)F)nc1C(F)(F)F)C(F)(F)F. The standard InChI is InChI=1S/C6HF9N2O2S/c7-4(8,9)2-1-17(3(16-2)5(10,11)12)20(18,19)6(13,14)15/h1H. The third-order valence-corrected chi connectivity index (χ3v) is 3.15. The number of rotatable bonds is 1. The lowest BCUT2D eigenvalue weighted by Gasteiger charge is -2.12. The number of hydrogen-bond donors (Lipinski definition) is 0. The molecular weight excluding hydrogens is 335 g/mol. The molecule has 1 heterocycles. The van der Waals surface area contributed by atoms with Gasteiger partial charge in [-0.25, -0.2) is 8.96 Å². The van der Waals surface area contributed by atoms with E-state index in [1.165, 1.54) is 0 Å². The Morgan fingerprint density at radius 2 is 1.35 bits per heavy atom. The smallest absolute Gasteiger partial charge is 0.219 e. The van der Waals surface area contributed by atoms with Gasteiger partial charge in [0, 0.05) is 0 Å². The van der Waals surface area contributed by atoms with Crippen LogP contribution in [0.1, 0.15) is 11.5 Å². The van der Waals surface area contributed by atoms with Crippen molar-refractivity contribution in [3.05, 3.63) is 17.7 Å². The second kappa shape index (κ2) is 4.26. The van der Waals surface area contributed by atoms with E-state index in [9.17, 15) is 47.9 Å². The molecule has 0 aliphatic rings. The molecule has 4 nitrogen and oxygen atoms in total. The van der Waals surface area contributed by atoms with Crippen LogP contribution in [0.3, 0.4) is 0 Å². The van der Waals surface area contributed by atoms with Crippen molar-refractivity contribution < 1.29 is 47.9 Å². The Morgan fingerprint density at radius 3 is 1.65 bits per heavy atom. The lowest BCUT2D eigenvalue weighted by atomic mass is 10.5. The highest BCUT2D eigenvalue weighted by atomic mass is 32.2. The molecule has 1 aromatic heterocycles. The van der Waals surface area contributed by atoms with Gasteiger partial charge in [-0.2, -0.15) is 47.9 Å². The van der Waals surface area contributed by atoms with E-state index in [-0.39, 0.29) is 0 Å². The molecule has 0 fully saturated rings. The van der Waals surface area contributed by atoms with Crippen molar-refractivity contribution in [3.63, 3.8) is 0 Å². The molecule has 0 aromatic carbocycles. The van der Waals surface area contributed by atoms with Crippen LogP contribution in [0.4, 0.5) is 39.5 Å². The van der Waals surface area contributed by atoms with Crippen molar-refractivity contribution >= 4 is 10.0 Å². The minimum Gasteiger partial charge on any atom is -0.219 e. The molecule has 0 aliphatic heterocycles. The number of alkyl halides is 9. The molecule has 0 radical (unpaired) electrons. The van der Waals surface area contributed by atoms with E-state index in [2.05, 4.69) is 0 Å². The Labute approximate surface area is 103 Å². The fourth-order valence-electron chi connectivity index (χ4n) is 0.984. The monoisotopic (exact) mass is 336 g/mol. The first-order valence-electron chi connectivity index (χ1n) is 4.14. The molecule has 20 heavy (non-hydrogen) atoms. The van der Waals surface area contributed by atoms with E-state index < -0.39 is 49.6 Å². The first kappa shape index (κ1) is 16.6. The van der Waals surface area contributed by atoms with Crippen LogP contribution >= 0.6 is 0 Å². The van der Waals surface area contributed by atoms with Crippen molar-refractivity contribution in [2.45, 2.75) is 17.9 Å². The molecule has 0 saturated carbocycles. The van der Waals surface area contributed by atoms with Crippen LogP contribution in [0.5, 0.6) is 0 Å². The van der Waals surface area contributed by atoms with Gasteiger partial charge in [-0.05, 0) is 0 Å². The molecule has 0 saturated heterocycles. The molecule has 0 unspecified atom stereocenters. The molecule has 0 spiro atoms. The van der Waals surface area contributed by atoms with Crippen molar-refractivity contribution in [1.29, 1.82) is 0 Å². The first-order chi connectivity index (χ1) is 8.58. The van der Waals surface area contributed by atoms with Gasteiger partial charge in [0.05, 0.1) is 6.20 Å². The highest BCUT2D eigenvalue weighted by Crippen LogP contribution is 2.37. The maximum Gasteiger partial charge on any atom is 0.517 e. The predicted octanol–water partition coefficient (Wildman–Crippen LogP) is 2.62. The number of nitrogens with zero attached hydrogens (tertiary/aromatic N) is 2. The highest BCUT2D eigenvalue weighted by molar-refractivity contribution is 7.90. The average Bonchev–Trinajstić information content (AvgIpc) is 2.58. The molecule has 1 rings (SSSR count). The summed E-state index contributed by atoms with van der Waals surface area (Å²) in [6.45, 7) is 0. The minimum atomic E-state index is -6.70. The molecule has 116 valence electrons. The summed E-state index contributed by atoms with van der Waals surface area (Å²) in [6.07, 6.45) is -12.3. The first-order valence-corrected chi connectivity index (χ1v) is 5.58. The lowest BCUT2D eigenvalue weighted by molar-refractivity contribution is -0.149. The van der Waals surface area contributed by atoms with Gasteiger partial charge in [-0.3, -0.25) is 0 Å². The summed E-state index contributed by atoms with van der Waals surface area (Å²) in [5, 5.41) is 0. The fourth-order valence-corrected chi connectivity index (χ4v) is 1.82. The third-order valence-electron chi connectivity index (χ3n) is 1.77. The third kappa shape index (κ3) is 2.83. The predicted molar refractivity (Wildman–Crippen MR) is 42.6 cm³/mol. The summed E-state index contributed by atoms with van der Waals surface area (Å²) >= 11 is 0. The van der Waals surface area contributed by atoms with E-state index in [0.717, 1.165) is 0 Å². The van der Waals surface area contributed by atoms with Gasteiger partial charge < -0.3 is 0 Å². The zero-order valence-electron chi connectivity index (χ0n) is 8.60. The molecule has 0 amide bonds. The Bertz CT molecular complexity index is 606. The summed E-state index contributed by atoms with van der Waals surface area (Å²) in [4.78, 5) is 1.87. The van der Waals surface area contributed by atoms with Gasteiger partial charge in [0.25, 0.3) is 0 Å². The van der Waals surface area contributed by atoms with Crippen LogP contribution in [-0.2, 0) is 22.4 Å². The van der Waals surface area contributed by atoms with Crippen molar-refractivity contribution in [2.75, 3.05) is 0 Å². The van der Waals surface area contributed by atoms with E-state index in [1.54, 1.807) is 0 Å². The maximum atomic E-state index is 12.3. The Kier molecular flexibility index (Phi) is 3.53. The second-order valence-corrected chi connectivity index (χ2v) is 5.00. The second-order valence-electron chi connectivity index (χ2n) is 3.19. The zero-order chi connectivity index (χ0) is 16.1. The summed E-state index contributed by atoms with van der Waals surface area (Å²) in [6, 6.07) is 0. The van der Waals surface area contributed by atoms with Crippen molar-refractivity contribution in [1.82, 2.24) is 8.96 Å². The molecular formula is C6HF9N2O2S. The van der Waals surface area contributed by atoms with Gasteiger partial charge in [0.15, 0.2) is 5.69 Å². The molecule has 0 bridgehead atoms. The van der Waals surface area contributed by atoms with Crippen LogP contribution < -0.4 is 0 Å². The van der Waals surface area contributed by atoms with E-state index in [1.807, 2.05) is 4.98 Å². The quantitative estimate of drug-likeness (QED) is 0.741. The van der Waals surface area contributed by atoms with Gasteiger partial charge in [0.2, 0.25) is 5.82 Å². The van der Waals surface area contributed by atoms with Crippen LogP contribution in [0.25, 0.3) is 0 Å². The molecule has 1 aromatic rings. The van der Waals surface area contributed by atoms with Crippen LogP contribution in [0, 0.1) is 0 Å². The van der Waals surface area contributed by atoms with Crippen LogP contribution in [0.15, 0.2) is 6.20 Å². The van der Waals surface area contributed by atoms with E-state index >= 15 is 0 Å². The minimum absolute atomic E-state index is 0.883. The number of halogens is 9. The number of aromatic nitrogens is 2. The zero-order valence-corrected chi connectivity index (χ0v) is 9.41. The topological polar surface area (TPSA) is 52.0 Å². The largest absolute Gasteiger partial charge is 0.517 e. The molecule has 14 heteroatoms. The van der Waals surface area contributed by atoms with E-state index in [0.29, 0.717) is 0 Å². The Hall–Kier alpha value is -1.47. The normalized spacial score (nSPS) is 14.7. The highest BCUT2D eigenvalue weighted by Gasteiger charge is 2.53. The molecule has 0 atom stereocenters. The van der Waals surface area contributed by atoms with Gasteiger partial charge in [-0.15, -0.1) is 0 Å². The Balaban J connectivity index is 3.67. The van der Waals surface area contributed by atoms with Crippen LogP contribution in [-0.4, -0.2) is 22.9 Å². The number of hydrogen-bond acceptors (Lipinski definition) is 3. The summed E-state index contributed by atoms with van der Waals surface area (Å²) in [7, 11) is -6.70. The van der Waals surface area contributed by atoms with Crippen molar-refractivity contribution in [3.8, 4) is 0 Å². The molecule has 0 N–H and O–H groups in total. The van der Waals surface area contributed by atoms with Crippen LogP contribution in [0.2, 0.25) is 0 Å². The van der Waals surface area contributed by atoms with Gasteiger partial charge in [0.1, 0.15) is 0 Å². The maximum absolute atomic E-state index is 12.3. The van der Waals surface area contributed by atoms with Gasteiger partial charge in [-0.1, -0.05) is 0 Å². The number of imidazole rings is 1. The average molecular weight is 336 g/mol. The lowest BCUT2D eigenvalue weighted by Crippen LogP contribution is -2.32. The summed E-state index contributed by atoms with van der Waals surface area (Å²) in [5.41, 5.74) is -8.64.